The van der Waals surface area contributed by atoms with Gasteiger partial charge in [0, 0.05) is 11.8 Å². The van der Waals surface area contributed by atoms with Crippen LogP contribution in [0, 0.1) is 11.3 Å². The first kappa shape index (κ1) is 20.9. The zero-order valence-electron chi connectivity index (χ0n) is 15.2. The van der Waals surface area contributed by atoms with Crippen LogP contribution in [0.4, 0.5) is 11.6 Å². The number of nitrogens with zero attached hydrogens (tertiary/aromatic N) is 3. The summed E-state index contributed by atoms with van der Waals surface area (Å²) in [5.74, 6) is 0.685. The largest absolute Gasteiger partial charge is 0.494 e. The molecule has 0 aliphatic carbocycles. The number of amides is 1. The smallest absolute Gasteiger partial charge is 0.234 e. The second-order valence-corrected chi connectivity index (χ2v) is 7.21. The minimum atomic E-state index is -0.211. The van der Waals surface area contributed by atoms with E-state index in [1.165, 1.54) is 11.8 Å². The standard InChI is InChI=1S/C18H21N5O2S2/c1-3-4-8-25-13-7-5-6-12(9-13)21-15(24)11-27-17-14(10-19)16(26-2)22-18(20)23-17/h5-7,9H,3-4,8,11H2,1-2H3,(H,21,24)(H2,20,22,23). The summed E-state index contributed by atoms with van der Waals surface area (Å²) in [5, 5.41) is 13.1. The lowest BCUT2D eigenvalue weighted by Crippen LogP contribution is -2.14. The number of unbranched alkanes of at least 4 members (excludes halogenated alkanes) is 1. The molecule has 0 aliphatic heterocycles. The molecule has 2 aromatic rings. The van der Waals surface area contributed by atoms with E-state index in [9.17, 15) is 10.1 Å². The van der Waals surface area contributed by atoms with E-state index < -0.39 is 0 Å². The van der Waals surface area contributed by atoms with Crippen LogP contribution < -0.4 is 15.8 Å². The van der Waals surface area contributed by atoms with Crippen LogP contribution in [0.15, 0.2) is 34.3 Å². The molecule has 0 spiro atoms. The normalized spacial score (nSPS) is 10.3. The third-order valence-corrected chi connectivity index (χ3v) is 5.05. The Morgan fingerprint density at radius 2 is 2.15 bits per heavy atom. The second kappa shape index (κ2) is 10.6. The number of ether oxygens (including phenoxy) is 1. The molecular weight excluding hydrogens is 382 g/mol. The number of nitrogens with two attached hydrogens (primary N) is 1. The summed E-state index contributed by atoms with van der Waals surface area (Å²) in [6.45, 7) is 2.75. The van der Waals surface area contributed by atoms with Gasteiger partial charge in [0.05, 0.1) is 12.4 Å². The number of nitriles is 1. The van der Waals surface area contributed by atoms with Crippen LogP contribution in [-0.4, -0.2) is 34.5 Å². The molecule has 1 aromatic carbocycles. The Hall–Kier alpha value is -2.44. The van der Waals surface area contributed by atoms with E-state index in [1.54, 1.807) is 18.4 Å². The third kappa shape index (κ3) is 6.34. The number of hydrogen-bond donors (Lipinski definition) is 2. The molecule has 2 rings (SSSR count). The molecule has 9 heteroatoms. The van der Waals surface area contributed by atoms with Crippen LogP contribution in [0.25, 0.3) is 0 Å². The number of carbonyl (C=O) groups is 1. The van der Waals surface area contributed by atoms with E-state index in [0.29, 0.717) is 33.7 Å². The predicted octanol–water partition coefficient (Wildman–Crippen LogP) is 3.56. The summed E-state index contributed by atoms with van der Waals surface area (Å²) in [6.07, 6.45) is 3.85. The van der Waals surface area contributed by atoms with Crippen LogP contribution >= 0.6 is 23.5 Å². The maximum Gasteiger partial charge on any atom is 0.234 e. The van der Waals surface area contributed by atoms with Crippen LogP contribution in [0.5, 0.6) is 5.75 Å². The second-order valence-electron chi connectivity index (χ2n) is 5.45. The minimum absolute atomic E-state index is 0.0817. The van der Waals surface area contributed by atoms with Gasteiger partial charge in [0.1, 0.15) is 27.4 Å². The number of nitrogen functional groups attached to an aromatic ring is 1. The van der Waals surface area contributed by atoms with Crippen molar-refractivity contribution in [1.29, 1.82) is 5.26 Å². The van der Waals surface area contributed by atoms with Crippen molar-refractivity contribution in [3.05, 3.63) is 29.8 Å². The molecule has 1 aromatic heterocycles. The molecule has 0 fully saturated rings. The third-order valence-electron chi connectivity index (χ3n) is 3.39. The topological polar surface area (TPSA) is 114 Å². The fraction of sp³-hybridized carbons (Fsp3) is 0.333. The van der Waals surface area contributed by atoms with E-state index in [4.69, 9.17) is 10.5 Å². The lowest BCUT2D eigenvalue weighted by molar-refractivity contribution is -0.113. The Morgan fingerprint density at radius 1 is 1.37 bits per heavy atom. The van der Waals surface area contributed by atoms with Gasteiger partial charge in [-0.1, -0.05) is 31.2 Å². The van der Waals surface area contributed by atoms with Gasteiger partial charge < -0.3 is 15.8 Å². The van der Waals surface area contributed by atoms with Crippen LogP contribution in [0.2, 0.25) is 0 Å². The number of hydrogen-bond acceptors (Lipinski definition) is 8. The molecule has 3 N–H and O–H groups in total. The van der Waals surface area contributed by atoms with Crippen LogP contribution in [0.1, 0.15) is 25.3 Å². The average Bonchev–Trinajstić information content (AvgIpc) is 2.66. The van der Waals surface area contributed by atoms with Gasteiger partial charge in [0.25, 0.3) is 0 Å². The average molecular weight is 404 g/mol. The Morgan fingerprint density at radius 3 is 2.85 bits per heavy atom. The Labute approximate surface area is 167 Å². The van der Waals surface area contributed by atoms with Gasteiger partial charge in [-0.05, 0) is 24.8 Å². The SMILES string of the molecule is CCCCOc1cccc(NC(=O)CSc2nc(N)nc(SC)c2C#N)c1. The number of benzene rings is 1. The summed E-state index contributed by atoms with van der Waals surface area (Å²) < 4.78 is 5.64. The molecule has 7 nitrogen and oxygen atoms in total. The Bertz CT molecular complexity index is 839. The molecule has 142 valence electrons. The van der Waals surface area contributed by atoms with Gasteiger partial charge in [-0.15, -0.1) is 11.8 Å². The van der Waals surface area contributed by atoms with Crippen LogP contribution in [-0.2, 0) is 4.79 Å². The summed E-state index contributed by atoms with van der Waals surface area (Å²) >= 11 is 2.47. The monoisotopic (exact) mass is 403 g/mol. The van der Waals surface area contributed by atoms with Gasteiger partial charge in [-0.3, -0.25) is 4.79 Å². The van der Waals surface area contributed by atoms with Gasteiger partial charge in [0.15, 0.2) is 0 Å². The van der Waals surface area contributed by atoms with Crippen molar-refractivity contribution in [2.45, 2.75) is 29.8 Å². The number of rotatable bonds is 9. The molecule has 0 unspecified atom stereocenters. The molecule has 1 heterocycles. The van der Waals surface area contributed by atoms with Gasteiger partial charge >= 0.3 is 0 Å². The zero-order chi connectivity index (χ0) is 19.6. The van der Waals surface area contributed by atoms with E-state index in [-0.39, 0.29) is 17.6 Å². The highest BCUT2D eigenvalue weighted by Crippen LogP contribution is 2.28. The summed E-state index contributed by atoms with van der Waals surface area (Å²) in [4.78, 5) is 20.4. The zero-order valence-corrected chi connectivity index (χ0v) is 16.8. The van der Waals surface area contributed by atoms with Gasteiger partial charge in [-0.25, -0.2) is 9.97 Å². The van der Waals surface area contributed by atoms with Crippen molar-refractivity contribution in [1.82, 2.24) is 9.97 Å². The van der Waals surface area contributed by atoms with Crippen molar-refractivity contribution < 1.29 is 9.53 Å². The van der Waals surface area contributed by atoms with Crippen molar-refractivity contribution in [2.75, 3.05) is 29.7 Å². The summed E-state index contributed by atoms with van der Waals surface area (Å²) in [6, 6.07) is 9.34. The van der Waals surface area contributed by atoms with Crippen molar-refractivity contribution in [3.63, 3.8) is 0 Å². The van der Waals surface area contributed by atoms with Crippen LogP contribution in [0.3, 0.4) is 0 Å². The first-order valence-electron chi connectivity index (χ1n) is 8.34. The van der Waals surface area contributed by atoms with E-state index in [2.05, 4.69) is 28.3 Å². The molecule has 0 atom stereocenters. The van der Waals surface area contributed by atoms with Gasteiger partial charge in [0.2, 0.25) is 11.9 Å². The molecule has 0 saturated heterocycles. The summed E-state index contributed by atoms with van der Waals surface area (Å²) in [7, 11) is 0. The van der Waals surface area contributed by atoms with E-state index >= 15 is 0 Å². The lowest BCUT2D eigenvalue weighted by Gasteiger charge is -2.10. The molecule has 27 heavy (non-hydrogen) atoms. The molecule has 0 aliphatic rings. The number of carbonyl (C=O) groups excluding carboxylic acids is 1. The summed E-state index contributed by atoms with van der Waals surface area (Å²) in [5.41, 5.74) is 6.67. The van der Waals surface area contributed by atoms with E-state index in [0.717, 1.165) is 24.6 Å². The van der Waals surface area contributed by atoms with E-state index in [1.807, 2.05) is 12.1 Å². The van der Waals surface area contributed by atoms with Gasteiger partial charge in [-0.2, -0.15) is 5.26 Å². The Balaban J connectivity index is 1.98. The quantitative estimate of drug-likeness (QED) is 0.371. The Kier molecular flexibility index (Phi) is 8.23. The highest BCUT2D eigenvalue weighted by molar-refractivity contribution is 8.00. The highest BCUT2D eigenvalue weighted by Gasteiger charge is 2.15. The molecule has 0 radical (unpaired) electrons. The first-order chi connectivity index (χ1) is 13.1. The minimum Gasteiger partial charge on any atom is -0.494 e. The fourth-order valence-electron chi connectivity index (χ4n) is 2.11. The van der Waals surface area contributed by atoms with Crippen molar-refractivity contribution in [3.8, 4) is 11.8 Å². The fourth-order valence-corrected chi connectivity index (χ4v) is 3.49. The first-order valence-corrected chi connectivity index (χ1v) is 10.6. The maximum atomic E-state index is 12.3. The number of thioether (sulfide) groups is 2. The molecule has 0 bridgehead atoms. The number of nitrogens with one attached hydrogen (secondary N) is 1. The number of aromatic nitrogens is 2. The predicted molar refractivity (Wildman–Crippen MR) is 109 cm³/mol. The molecule has 1 amide bonds. The highest BCUT2D eigenvalue weighted by atomic mass is 32.2. The maximum absolute atomic E-state index is 12.3. The molecular formula is C18H21N5O2S2. The van der Waals surface area contributed by atoms with Crippen molar-refractivity contribution >= 4 is 41.1 Å². The molecule has 0 saturated carbocycles. The van der Waals surface area contributed by atoms with Crippen molar-refractivity contribution in [2.24, 2.45) is 0 Å². The number of anilines is 2. The lowest BCUT2D eigenvalue weighted by atomic mass is 10.3.